The first-order valence-electron chi connectivity index (χ1n) is 18.2. The molecule has 7 aromatic rings. The summed E-state index contributed by atoms with van der Waals surface area (Å²) >= 11 is 1.18. The lowest BCUT2D eigenvalue weighted by Crippen LogP contribution is -2.56. The van der Waals surface area contributed by atoms with Crippen molar-refractivity contribution in [2.75, 3.05) is 56.5 Å². The van der Waals surface area contributed by atoms with E-state index in [2.05, 4.69) is 35.5 Å². The highest BCUT2D eigenvalue weighted by Gasteiger charge is 2.37. The number of hydrazine groups is 1. The van der Waals surface area contributed by atoms with Crippen LogP contribution >= 0.6 is 11.3 Å². The molecule has 17 nitrogen and oxygen atoms in total. The molecule has 20 heteroatoms. The second kappa shape index (κ2) is 15.0. The summed E-state index contributed by atoms with van der Waals surface area (Å²) < 4.78 is 42.8. The number of carbonyl (C=O) groups is 1. The first-order chi connectivity index (χ1) is 28.1. The predicted molar refractivity (Wildman–Crippen MR) is 208 cm³/mol. The molecule has 0 aliphatic carbocycles. The average Bonchev–Trinajstić information content (AvgIpc) is 4.01. The van der Waals surface area contributed by atoms with Gasteiger partial charge in [-0.3, -0.25) is 24.5 Å². The molecule has 2 aliphatic rings. The Morgan fingerprint density at radius 2 is 1.79 bits per heavy atom. The van der Waals surface area contributed by atoms with Crippen LogP contribution in [0.25, 0.3) is 26.7 Å². The van der Waals surface area contributed by atoms with Crippen LogP contribution in [0.2, 0.25) is 0 Å². The minimum atomic E-state index is -1.77. The summed E-state index contributed by atoms with van der Waals surface area (Å²) in [5.41, 5.74) is 9.36. The van der Waals surface area contributed by atoms with Gasteiger partial charge in [0.25, 0.3) is 5.56 Å². The van der Waals surface area contributed by atoms with Crippen molar-refractivity contribution in [3.05, 3.63) is 119 Å². The minimum absolute atomic E-state index is 0.000743. The molecule has 1 atom stereocenters. The highest BCUT2D eigenvalue weighted by Crippen LogP contribution is 2.39. The van der Waals surface area contributed by atoms with Gasteiger partial charge in [-0.1, -0.05) is 29.4 Å². The highest BCUT2D eigenvalue weighted by molar-refractivity contribution is 7.21. The molecule has 1 fully saturated rings. The quantitative estimate of drug-likeness (QED) is 0.182. The van der Waals surface area contributed by atoms with E-state index in [-0.39, 0.29) is 36.2 Å². The van der Waals surface area contributed by atoms with Gasteiger partial charge in [0.15, 0.2) is 5.82 Å². The number of β-amino-alcohol motifs (C(OH)–C–C–N with tert-alkyl or cyclic N) is 1. The summed E-state index contributed by atoms with van der Waals surface area (Å²) in [6, 6.07) is 20.1. The largest absolute Gasteiger partial charge is 0.490 e. The van der Waals surface area contributed by atoms with Crippen molar-refractivity contribution in [2.24, 2.45) is 0 Å². The van der Waals surface area contributed by atoms with Gasteiger partial charge >= 0.3 is 11.8 Å². The van der Waals surface area contributed by atoms with E-state index in [1.54, 1.807) is 17.1 Å². The number of benzene rings is 3. The molecule has 2 aliphatic heterocycles. The van der Waals surface area contributed by atoms with Crippen LogP contribution in [0, 0.1) is 11.6 Å². The fourth-order valence-electron chi connectivity index (χ4n) is 7.25. The highest BCUT2D eigenvalue weighted by atomic mass is 32.1. The van der Waals surface area contributed by atoms with E-state index < -0.39 is 28.7 Å². The Morgan fingerprint density at radius 1 is 0.966 bits per heavy atom. The summed E-state index contributed by atoms with van der Waals surface area (Å²) in [4.78, 5) is 44.4. The number of nitrogens with two attached hydrogens (primary N) is 1. The smallest absolute Gasteiger partial charge is 0.324 e. The molecule has 6 heterocycles. The number of thiophene rings is 1. The maximum absolute atomic E-state index is 14.9. The molecule has 1 amide bonds. The van der Waals surface area contributed by atoms with Crippen LogP contribution in [0.3, 0.4) is 0 Å². The topological polar surface area (TPSA) is 199 Å². The van der Waals surface area contributed by atoms with Crippen molar-refractivity contribution in [3.63, 3.8) is 0 Å². The molecule has 0 saturated carbocycles. The molecule has 0 radical (unpaired) electrons. The number of nitrogen functional groups attached to an aromatic ring is 1. The monoisotopic (exact) mass is 808 g/mol. The average molecular weight is 809 g/mol. The van der Waals surface area contributed by atoms with Gasteiger partial charge in [0, 0.05) is 50.0 Å². The summed E-state index contributed by atoms with van der Waals surface area (Å²) in [5, 5.41) is 21.5. The summed E-state index contributed by atoms with van der Waals surface area (Å²) in [6.45, 7) is 2.47. The fourth-order valence-corrected chi connectivity index (χ4v) is 8.20. The number of hydrogen-bond acceptors (Lipinski definition) is 15. The van der Waals surface area contributed by atoms with Gasteiger partial charge in [0.1, 0.15) is 47.1 Å². The number of para-hydroxylation sites is 1. The van der Waals surface area contributed by atoms with E-state index in [4.69, 9.17) is 15.0 Å². The lowest BCUT2D eigenvalue weighted by molar-refractivity contribution is -0.0353. The molecule has 9 rings (SSSR count). The van der Waals surface area contributed by atoms with Crippen molar-refractivity contribution in [2.45, 2.75) is 12.1 Å². The van der Waals surface area contributed by atoms with E-state index in [0.717, 1.165) is 23.5 Å². The molecule has 3 aromatic carbocycles. The maximum atomic E-state index is 14.9. The van der Waals surface area contributed by atoms with Crippen molar-refractivity contribution < 1.29 is 27.9 Å². The van der Waals surface area contributed by atoms with Gasteiger partial charge in [-0.2, -0.15) is 10.1 Å². The third kappa shape index (κ3) is 7.13. The Balaban J connectivity index is 0.898. The van der Waals surface area contributed by atoms with E-state index in [0.29, 0.717) is 66.0 Å². The molecule has 1 saturated heterocycles. The Kier molecular flexibility index (Phi) is 9.60. The van der Waals surface area contributed by atoms with E-state index in [1.807, 2.05) is 47.4 Å². The molecule has 0 bridgehead atoms. The Morgan fingerprint density at radius 3 is 2.57 bits per heavy atom. The van der Waals surface area contributed by atoms with Crippen molar-refractivity contribution in [3.8, 4) is 22.1 Å². The number of fused-ring (bicyclic) bond motifs is 2. The first kappa shape index (κ1) is 37.0. The number of rotatable bonds is 10. The van der Waals surface area contributed by atoms with Crippen LogP contribution in [0.15, 0.2) is 94.8 Å². The third-order valence-electron chi connectivity index (χ3n) is 9.99. The number of aliphatic hydroxyl groups is 1. The Hall–Kier alpha value is -6.61. The second-order valence-corrected chi connectivity index (χ2v) is 14.8. The van der Waals surface area contributed by atoms with Gasteiger partial charge in [0.2, 0.25) is 5.82 Å². The number of nitrogens with one attached hydrogen (secondary N) is 1. The minimum Gasteiger partial charge on any atom is -0.490 e. The molecular weight excluding hydrogens is 775 g/mol. The number of hydrogen-bond donors (Lipinski definition) is 3. The number of aromatic nitrogens is 7. The number of piperazine rings is 1. The number of ether oxygens (including phenoxy) is 1. The molecule has 4 aromatic heterocycles. The molecule has 58 heavy (non-hydrogen) atoms. The van der Waals surface area contributed by atoms with Crippen LogP contribution in [-0.2, 0) is 12.1 Å². The number of amides is 1. The number of nitrogens with zero attached hydrogens (tertiary/aromatic N) is 10. The normalized spacial score (nSPS) is 15.9. The first-order valence-corrected chi connectivity index (χ1v) is 19.0. The number of halogens is 2. The van der Waals surface area contributed by atoms with Crippen LogP contribution in [-0.4, -0.2) is 101 Å². The molecular formula is C38H34F2N12O5S. The zero-order valence-corrected chi connectivity index (χ0v) is 31.4. The van der Waals surface area contributed by atoms with Crippen LogP contribution in [0.4, 0.5) is 26.0 Å². The zero-order chi connectivity index (χ0) is 40.0. The van der Waals surface area contributed by atoms with E-state index in [1.165, 1.54) is 39.3 Å². The van der Waals surface area contributed by atoms with Gasteiger partial charge in [-0.15, -0.1) is 11.3 Å². The summed E-state index contributed by atoms with van der Waals surface area (Å²) in [5.74, 6) is -1.95. The van der Waals surface area contributed by atoms with Gasteiger partial charge in [0.05, 0.1) is 34.9 Å². The summed E-state index contributed by atoms with van der Waals surface area (Å²) in [6.07, 6.45) is 2.71. The molecule has 1 unspecified atom stereocenters. The number of anilines is 3. The molecule has 4 N–H and O–H groups in total. The van der Waals surface area contributed by atoms with Crippen LogP contribution < -0.4 is 26.4 Å². The summed E-state index contributed by atoms with van der Waals surface area (Å²) in [7, 11) is 0. The standard InChI is InChI=1S/C38H34F2N12O5S/c39-23-6-8-26(27(40)16-23)38(55,20-50-22-42-21-43-50)19-48-10-12-49(13-11-48)46-34(53)35-45-33(47-57-35)31-18-29-36(58-31)44-32(41)37(54)52(29)25-7-9-30-28(17-25)51(14-15-56-30)24-4-2-1-3-5-24/h1-9,16-18,21-22,55H,10-15,19-20H2,(H2,41,44)(H,46,53). The lowest BCUT2D eigenvalue weighted by atomic mass is 9.92. The second-order valence-electron chi connectivity index (χ2n) is 13.8. The molecule has 296 valence electrons. The van der Waals surface area contributed by atoms with E-state index in [9.17, 15) is 23.5 Å². The van der Waals surface area contributed by atoms with Gasteiger partial charge in [-0.05, 0) is 42.5 Å². The van der Waals surface area contributed by atoms with Crippen molar-refractivity contribution >= 4 is 44.8 Å². The predicted octanol–water partition coefficient (Wildman–Crippen LogP) is 3.33. The third-order valence-corrected chi connectivity index (χ3v) is 11.0. The van der Waals surface area contributed by atoms with Crippen molar-refractivity contribution in [1.29, 1.82) is 0 Å². The molecule has 0 spiro atoms. The van der Waals surface area contributed by atoms with Crippen molar-refractivity contribution in [1.82, 2.24) is 49.8 Å². The zero-order valence-electron chi connectivity index (χ0n) is 30.5. The fraction of sp³-hybridized carbons (Fsp3) is 0.237. The Labute approximate surface area is 331 Å². The van der Waals surface area contributed by atoms with E-state index >= 15 is 0 Å². The van der Waals surface area contributed by atoms with Gasteiger partial charge in [-0.25, -0.2) is 28.4 Å². The van der Waals surface area contributed by atoms with Crippen LogP contribution in [0.1, 0.15) is 16.2 Å². The van der Waals surface area contributed by atoms with Gasteiger partial charge < -0.3 is 25.0 Å². The van der Waals surface area contributed by atoms with Crippen LogP contribution in [0.5, 0.6) is 5.75 Å². The Bertz CT molecular complexity index is 2680. The SMILES string of the molecule is Nc1nc2sc(-c3noc(C(=O)NN4CCN(CC(O)(Cn5cncn5)c5ccc(F)cc5F)CC4)n3)cc2n(-c2ccc3c(c2)N(c2ccccc2)CCO3)c1=O. The number of carbonyl (C=O) groups excluding carboxylic acids is 1. The lowest BCUT2D eigenvalue weighted by Gasteiger charge is -2.39. The maximum Gasteiger partial charge on any atom is 0.324 e.